The van der Waals surface area contributed by atoms with E-state index >= 15 is 0 Å². The molecule has 0 unspecified atom stereocenters. The number of nitrogens with one attached hydrogen (secondary N) is 1. The number of carbonyl (C=O) groups excluding carboxylic acids is 1. The zero-order valence-corrected chi connectivity index (χ0v) is 16.6. The minimum absolute atomic E-state index is 0.0428. The SMILES string of the molecule is C=CC(=O)Nc1cccc(CCc2nc(Cc3cnn(CCO)c3)ncc2Cl)c1. The van der Waals surface area contributed by atoms with E-state index < -0.39 is 0 Å². The number of rotatable bonds is 9. The van der Waals surface area contributed by atoms with Crippen LogP contribution in [-0.4, -0.2) is 37.4 Å². The van der Waals surface area contributed by atoms with Gasteiger partial charge in [-0.05, 0) is 42.2 Å². The van der Waals surface area contributed by atoms with Gasteiger partial charge in [0.25, 0.3) is 0 Å². The molecule has 0 saturated carbocycles. The second-order valence-electron chi connectivity index (χ2n) is 6.49. The van der Waals surface area contributed by atoms with Gasteiger partial charge in [-0.3, -0.25) is 9.48 Å². The maximum atomic E-state index is 11.5. The first-order chi connectivity index (χ1) is 14.1. The molecule has 0 radical (unpaired) electrons. The first kappa shape index (κ1) is 20.7. The van der Waals surface area contributed by atoms with Gasteiger partial charge < -0.3 is 10.4 Å². The highest BCUT2D eigenvalue weighted by Gasteiger charge is 2.09. The van der Waals surface area contributed by atoms with Crippen LogP contribution in [0.4, 0.5) is 5.69 Å². The number of aliphatic hydroxyl groups is 1. The number of hydrogen-bond acceptors (Lipinski definition) is 5. The van der Waals surface area contributed by atoms with Crippen molar-refractivity contribution in [2.75, 3.05) is 11.9 Å². The maximum Gasteiger partial charge on any atom is 0.247 e. The van der Waals surface area contributed by atoms with E-state index in [9.17, 15) is 4.79 Å². The molecule has 2 heterocycles. The van der Waals surface area contributed by atoms with Crippen LogP contribution in [0.2, 0.25) is 5.02 Å². The molecule has 0 aliphatic carbocycles. The van der Waals surface area contributed by atoms with Gasteiger partial charge in [-0.15, -0.1) is 0 Å². The Hall–Kier alpha value is -3.03. The molecule has 1 aromatic carbocycles. The molecule has 29 heavy (non-hydrogen) atoms. The van der Waals surface area contributed by atoms with Crippen molar-refractivity contribution in [1.82, 2.24) is 19.7 Å². The Bertz CT molecular complexity index is 1000. The lowest BCUT2D eigenvalue weighted by Gasteiger charge is -2.08. The summed E-state index contributed by atoms with van der Waals surface area (Å²) < 4.78 is 1.68. The molecule has 0 fully saturated rings. The first-order valence-corrected chi connectivity index (χ1v) is 9.60. The van der Waals surface area contributed by atoms with Gasteiger partial charge in [-0.2, -0.15) is 5.10 Å². The van der Waals surface area contributed by atoms with Gasteiger partial charge in [0, 0.05) is 24.5 Å². The molecule has 0 bridgehead atoms. The molecule has 0 aliphatic rings. The van der Waals surface area contributed by atoms with E-state index in [4.69, 9.17) is 16.7 Å². The highest BCUT2D eigenvalue weighted by molar-refractivity contribution is 6.31. The number of amides is 1. The fourth-order valence-corrected chi connectivity index (χ4v) is 3.06. The van der Waals surface area contributed by atoms with Gasteiger partial charge in [0.05, 0.1) is 30.1 Å². The number of hydrogen-bond donors (Lipinski definition) is 2. The smallest absolute Gasteiger partial charge is 0.247 e. The summed E-state index contributed by atoms with van der Waals surface area (Å²) in [6.45, 7) is 3.96. The lowest BCUT2D eigenvalue weighted by Crippen LogP contribution is -2.07. The van der Waals surface area contributed by atoms with Crippen LogP contribution in [0.25, 0.3) is 0 Å². The number of aryl methyl sites for hydroxylation is 2. The van der Waals surface area contributed by atoms with E-state index in [-0.39, 0.29) is 12.5 Å². The predicted molar refractivity (Wildman–Crippen MR) is 112 cm³/mol. The topological polar surface area (TPSA) is 92.9 Å². The second-order valence-corrected chi connectivity index (χ2v) is 6.89. The highest BCUT2D eigenvalue weighted by atomic mass is 35.5. The van der Waals surface area contributed by atoms with E-state index in [1.807, 2.05) is 30.5 Å². The van der Waals surface area contributed by atoms with Gasteiger partial charge in [-0.1, -0.05) is 30.3 Å². The first-order valence-electron chi connectivity index (χ1n) is 9.22. The van der Waals surface area contributed by atoms with E-state index in [0.717, 1.165) is 28.9 Å². The molecule has 8 heteroatoms. The number of aromatic nitrogens is 4. The summed E-state index contributed by atoms with van der Waals surface area (Å²) in [5, 5.41) is 16.5. The Morgan fingerprint density at radius 2 is 2.14 bits per heavy atom. The van der Waals surface area contributed by atoms with Crippen molar-refractivity contribution < 1.29 is 9.90 Å². The van der Waals surface area contributed by atoms with Crippen molar-refractivity contribution in [1.29, 1.82) is 0 Å². The minimum atomic E-state index is -0.243. The van der Waals surface area contributed by atoms with Crippen LogP contribution >= 0.6 is 11.6 Å². The Morgan fingerprint density at radius 3 is 2.93 bits per heavy atom. The van der Waals surface area contributed by atoms with Gasteiger partial charge in [0.1, 0.15) is 5.82 Å². The monoisotopic (exact) mass is 411 g/mol. The zero-order chi connectivity index (χ0) is 20.6. The van der Waals surface area contributed by atoms with E-state index in [1.165, 1.54) is 6.08 Å². The molecule has 0 atom stereocenters. The number of aliphatic hydroxyl groups excluding tert-OH is 1. The van der Waals surface area contributed by atoms with Gasteiger partial charge in [-0.25, -0.2) is 9.97 Å². The molecule has 0 aliphatic heterocycles. The van der Waals surface area contributed by atoms with Crippen LogP contribution in [-0.2, 0) is 30.6 Å². The summed E-state index contributed by atoms with van der Waals surface area (Å²) in [5.41, 5.74) is 3.53. The molecule has 3 rings (SSSR count). The molecular formula is C21H22ClN5O2. The highest BCUT2D eigenvalue weighted by Crippen LogP contribution is 2.18. The summed E-state index contributed by atoms with van der Waals surface area (Å²) in [4.78, 5) is 20.4. The Labute approximate surface area is 174 Å². The van der Waals surface area contributed by atoms with E-state index in [0.29, 0.717) is 30.2 Å². The van der Waals surface area contributed by atoms with Crippen LogP contribution in [0.15, 0.2) is 55.5 Å². The third kappa shape index (κ3) is 5.97. The number of nitrogens with zero attached hydrogens (tertiary/aromatic N) is 4. The van der Waals surface area contributed by atoms with Gasteiger partial charge in [0.2, 0.25) is 5.91 Å². The average Bonchev–Trinajstić information content (AvgIpc) is 3.16. The summed E-state index contributed by atoms with van der Waals surface area (Å²) in [7, 11) is 0. The predicted octanol–water partition coefficient (Wildman–Crippen LogP) is 2.82. The molecule has 3 aromatic rings. The van der Waals surface area contributed by atoms with E-state index in [1.54, 1.807) is 17.1 Å². The number of halogens is 1. The van der Waals surface area contributed by atoms with Crippen LogP contribution in [0.5, 0.6) is 0 Å². The fourth-order valence-electron chi connectivity index (χ4n) is 2.87. The Morgan fingerprint density at radius 1 is 1.28 bits per heavy atom. The number of anilines is 1. The molecule has 0 spiro atoms. The molecular weight excluding hydrogens is 390 g/mol. The van der Waals surface area contributed by atoms with Crippen molar-refractivity contribution >= 4 is 23.2 Å². The van der Waals surface area contributed by atoms with Crippen molar-refractivity contribution in [2.45, 2.75) is 25.8 Å². The summed E-state index contributed by atoms with van der Waals surface area (Å²) in [6, 6.07) is 7.64. The molecule has 0 saturated heterocycles. The molecule has 7 nitrogen and oxygen atoms in total. The zero-order valence-electron chi connectivity index (χ0n) is 15.9. The quantitative estimate of drug-likeness (QED) is 0.528. The van der Waals surface area contributed by atoms with Crippen molar-refractivity contribution in [3.8, 4) is 0 Å². The Kier molecular flexibility index (Phi) is 7.10. The molecule has 2 N–H and O–H groups in total. The van der Waals surface area contributed by atoms with Gasteiger partial charge in [0.15, 0.2) is 0 Å². The third-order valence-corrected chi connectivity index (χ3v) is 4.59. The standard InChI is InChI=1S/C21H22ClN5O2/c1-2-21(29)25-17-5-3-4-15(10-17)6-7-19-18(22)13-23-20(26-19)11-16-12-24-27(14-16)8-9-28/h2-5,10,12-14,28H,1,6-9,11H2,(H,25,29). The summed E-state index contributed by atoms with van der Waals surface area (Å²) >= 11 is 6.29. The maximum absolute atomic E-state index is 11.5. The van der Waals surface area contributed by atoms with Gasteiger partial charge >= 0.3 is 0 Å². The lowest BCUT2D eigenvalue weighted by atomic mass is 10.1. The Balaban J connectivity index is 1.66. The van der Waals surface area contributed by atoms with Crippen molar-refractivity contribution in [3.63, 3.8) is 0 Å². The number of carbonyl (C=O) groups is 1. The summed E-state index contributed by atoms with van der Waals surface area (Å²) in [6.07, 6.45) is 8.39. The third-order valence-electron chi connectivity index (χ3n) is 4.28. The van der Waals surface area contributed by atoms with Crippen LogP contribution < -0.4 is 5.32 Å². The fraction of sp³-hybridized carbons (Fsp3) is 0.238. The molecule has 150 valence electrons. The molecule has 1 amide bonds. The second kappa shape index (κ2) is 9.95. The van der Waals surface area contributed by atoms with Crippen LogP contribution in [0.3, 0.4) is 0 Å². The number of benzene rings is 1. The molecule has 2 aromatic heterocycles. The van der Waals surface area contributed by atoms with Crippen molar-refractivity contribution in [2.24, 2.45) is 0 Å². The lowest BCUT2D eigenvalue weighted by molar-refractivity contribution is -0.111. The van der Waals surface area contributed by atoms with Crippen LogP contribution in [0, 0.1) is 0 Å². The average molecular weight is 412 g/mol. The van der Waals surface area contributed by atoms with Crippen LogP contribution in [0.1, 0.15) is 22.6 Å². The summed E-state index contributed by atoms with van der Waals surface area (Å²) in [5.74, 6) is 0.424. The normalized spacial score (nSPS) is 10.7. The van der Waals surface area contributed by atoms with Crippen molar-refractivity contribution in [3.05, 3.63) is 83.2 Å². The van der Waals surface area contributed by atoms with E-state index in [2.05, 4.69) is 27.0 Å². The minimum Gasteiger partial charge on any atom is -0.394 e. The largest absolute Gasteiger partial charge is 0.394 e.